The van der Waals surface area contributed by atoms with Gasteiger partial charge in [-0.15, -0.1) is 0 Å². The molecule has 2 aromatic rings. The highest BCUT2D eigenvalue weighted by Gasteiger charge is 2.15. The number of amides is 2. The smallest absolute Gasteiger partial charge is 0.247 e. The van der Waals surface area contributed by atoms with E-state index < -0.39 is 0 Å². The first-order valence-electron chi connectivity index (χ1n) is 8.26. The summed E-state index contributed by atoms with van der Waals surface area (Å²) in [6.45, 7) is 2.37. The Balaban J connectivity index is 2.02. The fourth-order valence-corrected chi connectivity index (χ4v) is 2.67. The van der Waals surface area contributed by atoms with E-state index in [0.717, 1.165) is 12.0 Å². The second-order valence-corrected chi connectivity index (χ2v) is 6.52. The first-order valence-corrected chi connectivity index (χ1v) is 9.02. The molecule has 0 unspecified atom stereocenters. The third-order valence-electron chi connectivity index (χ3n) is 3.56. The summed E-state index contributed by atoms with van der Waals surface area (Å²) >= 11 is 12.0. The molecule has 0 aromatic heterocycles. The maximum atomic E-state index is 12.4. The Bertz CT molecular complexity index is 792. The highest BCUT2D eigenvalue weighted by molar-refractivity contribution is 6.35. The maximum absolute atomic E-state index is 12.4. The van der Waals surface area contributed by atoms with Crippen molar-refractivity contribution in [2.45, 2.75) is 13.3 Å². The highest BCUT2D eigenvalue weighted by Crippen LogP contribution is 2.25. The van der Waals surface area contributed by atoms with Crippen LogP contribution in [0.4, 0.5) is 5.69 Å². The Hall–Kier alpha value is -2.30. The number of halogens is 2. The molecule has 0 heterocycles. The van der Waals surface area contributed by atoms with Crippen molar-refractivity contribution in [1.29, 1.82) is 0 Å². The fourth-order valence-electron chi connectivity index (χ4n) is 2.33. The van der Waals surface area contributed by atoms with Gasteiger partial charge in [-0.1, -0.05) is 60.5 Å². The molecule has 0 radical (unpaired) electrons. The molecule has 0 aliphatic carbocycles. The summed E-state index contributed by atoms with van der Waals surface area (Å²) < 4.78 is 0. The van der Waals surface area contributed by atoms with E-state index in [4.69, 9.17) is 23.2 Å². The summed E-state index contributed by atoms with van der Waals surface area (Å²) in [6.07, 6.45) is 3.96. The van der Waals surface area contributed by atoms with Crippen molar-refractivity contribution in [2.75, 3.05) is 18.4 Å². The van der Waals surface area contributed by atoms with Crippen LogP contribution in [-0.4, -0.2) is 29.8 Å². The molecule has 0 spiro atoms. The van der Waals surface area contributed by atoms with Gasteiger partial charge < -0.3 is 10.2 Å². The van der Waals surface area contributed by atoms with Gasteiger partial charge in [0.1, 0.15) is 6.54 Å². The molecule has 2 amide bonds. The first-order chi connectivity index (χ1) is 12.5. The fraction of sp³-hybridized carbons (Fsp3) is 0.200. The number of rotatable bonds is 7. The topological polar surface area (TPSA) is 49.4 Å². The third-order valence-corrected chi connectivity index (χ3v) is 4.12. The van der Waals surface area contributed by atoms with Crippen LogP contribution in [0.2, 0.25) is 10.0 Å². The van der Waals surface area contributed by atoms with E-state index in [1.165, 1.54) is 11.0 Å². The second-order valence-electron chi connectivity index (χ2n) is 5.68. The molecule has 6 heteroatoms. The quantitative estimate of drug-likeness (QED) is 0.684. The zero-order valence-corrected chi connectivity index (χ0v) is 15.9. The van der Waals surface area contributed by atoms with Crippen molar-refractivity contribution in [3.05, 3.63) is 70.2 Å². The van der Waals surface area contributed by atoms with Crippen molar-refractivity contribution in [3.8, 4) is 0 Å². The molecular weight excluding hydrogens is 371 g/mol. The van der Waals surface area contributed by atoms with Gasteiger partial charge in [0.25, 0.3) is 0 Å². The van der Waals surface area contributed by atoms with Gasteiger partial charge in [0.05, 0.1) is 10.7 Å². The number of hydrogen-bond acceptors (Lipinski definition) is 2. The minimum Gasteiger partial charge on any atom is -0.330 e. The molecule has 136 valence electrons. The molecule has 1 N–H and O–H groups in total. The van der Waals surface area contributed by atoms with Gasteiger partial charge >= 0.3 is 0 Å². The number of benzene rings is 2. The average molecular weight is 391 g/mol. The molecule has 0 aliphatic heterocycles. The summed E-state index contributed by atoms with van der Waals surface area (Å²) in [5.41, 5.74) is 1.35. The van der Waals surface area contributed by atoms with Gasteiger partial charge in [-0.2, -0.15) is 0 Å². The van der Waals surface area contributed by atoms with E-state index in [9.17, 15) is 9.59 Å². The largest absolute Gasteiger partial charge is 0.330 e. The number of carbonyl (C=O) groups is 2. The van der Waals surface area contributed by atoms with Crippen LogP contribution in [0.5, 0.6) is 0 Å². The number of carbonyl (C=O) groups excluding carboxylic acids is 2. The van der Waals surface area contributed by atoms with Gasteiger partial charge in [0.15, 0.2) is 0 Å². The van der Waals surface area contributed by atoms with Gasteiger partial charge in [-0.3, -0.25) is 9.59 Å². The highest BCUT2D eigenvalue weighted by atomic mass is 35.5. The van der Waals surface area contributed by atoms with Gasteiger partial charge in [-0.05, 0) is 36.3 Å². The Morgan fingerprint density at radius 1 is 1.12 bits per heavy atom. The number of nitrogens with one attached hydrogen (secondary N) is 1. The molecular formula is C20H20Cl2N2O2. The van der Waals surface area contributed by atoms with Crippen LogP contribution in [0.15, 0.2) is 54.6 Å². The lowest BCUT2D eigenvalue weighted by molar-refractivity contribution is -0.130. The van der Waals surface area contributed by atoms with Crippen molar-refractivity contribution in [2.24, 2.45) is 0 Å². The summed E-state index contributed by atoms with van der Waals surface area (Å²) in [4.78, 5) is 26.2. The van der Waals surface area contributed by atoms with Crippen molar-refractivity contribution in [3.63, 3.8) is 0 Å². The Kier molecular flexibility index (Phi) is 7.70. The van der Waals surface area contributed by atoms with E-state index >= 15 is 0 Å². The van der Waals surface area contributed by atoms with E-state index in [-0.39, 0.29) is 18.4 Å². The predicted molar refractivity (Wildman–Crippen MR) is 107 cm³/mol. The molecule has 4 nitrogen and oxygen atoms in total. The van der Waals surface area contributed by atoms with Crippen LogP contribution in [0.25, 0.3) is 6.08 Å². The SMILES string of the molecule is CCCN(CC(=O)Nc1cc(Cl)ccc1Cl)C(=O)C=Cc1ccccc1. The molecule has 0 bridgehead atoms. The molecule has 2 rings (SSSR count). The summed E-state index contributed by atoms with van der Waals surface area (Å²) in [6, 6.07) is 14.3. The predicted octanol–water partition coefficient (Wildman–Crippen LogP) is 4.88. The van der Waals surface area contributed by atoms with Gasteiger partial charge in [0.2, 0.25) is 11.8 Å². The van der Waals surface area contributed by atoms with E-state index in [0.29, 0.717) is 22.3 Å². The Morgan fingerprint density at radius 2 is 1.85 bits per heavy atom. The van der Waals surface area contributed by atoms with Crippen LogP contribution in [-0.2, 0) is 9.59 Å². The van der Waals surface area contributed by atoms with Crippen LogP contribution < -0.4 is 5.32 Å². The number of hydrogen-bond donors (Lipinski definition) is 1. The summed E-state index contributed by atoms with van der Waals surface area (Å²) in [5.74, 6) is -0.549. The third kappa shape index (κ3) is 6.21. The molecule has 0 saturated heterocycles. The zero-order chi connectivity index (χ0) is 18.9. The van der Waals surface area contributed by atoms with Crippen LogP contribution in [0.1, 0.15) is 18.9 Å². The van der Waals surface area contributed by atoms with Crippen molar-refractivity contribution in [1.82, 2.24) is 4.90 Å². The van der Waals surface area contributed by atoms with Crippen molar-refractivity contribution >= 4 is 46.8 Å². The number of anilines is 1. The molecule has 0 fully saturated rings. The van der Waals surface area contributed by atoms with Crippen LogP contribution >= 0.6 is 23.2 Å². The monoisotopic (exact) mass is 390 g/mol. The molecule has 2 aromatic carbocycles. The summed E-state index contributed by atoms with van der Waals surface area (Å²) in [7, 11) is 0. The van der Waals surface area contributed by atoms with Crippen LogP contribution in [0.3, 0.4) is 0 Å². The average Bonchev–Trinajstić information content (AvgIpc) is 2.63. The van der Waals surface area contributed by atoms with Crippen LogP contribution in [0, 0.1) is 0 Å². The van der Waals surface area contributed by atoms with E-state index in [1.807, 2.05) is 37.3 Å². The maximum Gasteiger partial charge on any atom is 0.247 e. The number of nitrogens with zero attached hydrogens (tertiary/aromatic N) is 1. The lowest BCUT2D eigenvalue weighted by Crippen LogP contribution is -2.37. The normalized spacial score (nSPS) is 10.7. The second kappa shape index (κ2) is 10.00. The first kappa shape index (κ1) is 20.0. The minimum atomic E-state index is -0.330. The zero-order valence-electron chi connectivity index (χ0n) is 14.4. The minimum absolute atomic E-state index is 0.0609. The van der Waals surface area contributed by atoms with E-state index in [1.54, 1.807) is 24.3 Å². The van der Waals surface area contributed by atoms with Gasteiger partial charge in [-0.25, -0.2) is 0 Å². The Morgan fingerprint density at radius 3 is 2.54 bits per heavy atom. The van der Waals surface area contributed by atoms with Crippen molar-refractivity contribution < 1.29 is 9.59 Å². The molecule has 0 aliphatic rings. The lowest BCUT2D eigenvalue weighted by atomic mass is 10.2. The molecule has 26 heavy (non-hydrogen) atoms. The van der Waals surface area contributed by atoms with E-state index in [2.05, 4.69) is 5.32 Å². The van der Waals surface area contributed by atoms with Gasteiger partial charge in [0, 0.05) is 17.6 Å². The molecule has 0 atom stereocenters. The lowest BCUT2D eigenvalue weighted by Gasteiger charge is -2.20. The Labute approximate surface area is 163 Å². The summed E-state index contributed by atoms with van der Waals surface area (Å²) in [5, 5.41) is 3.55. The molecule has 0 saturated carbocycles. The standard InChI is InChI=1S/C20H20Cl2N2O2/c1-2-12-24(20(26)11-8-15-6-4-3-5-7-15)14-19(25)23-18-13-16(21)9-10-17(18)22/h3-11,13H,2,12,14H2,1H3,(H,23,25).